The average molecular weight is 232 g/mol. The van der Waals surface area contributed by atoms with Crippen LogP contribution >= 0.6 is 0 Å². The van der Waals surface area contributed by atoms with E-state index in [9.17, 15) is 0 Å². The zero-order valence-corrected chi connectivity index (χ0v) is 11.3. The number of hydrogen-bond acceptors (Lipinski definition) is 1. The Kier molecular flexibility index (Phi) is 2.76. The summed E-state index contributed by atoms with van der Waals surface area (Å²) >= 11 is 0. The number of rotatable bonds is 2. The van der Waals surface area contributed by atoms with E-state index in [1.165, 1.54) is 43.6 Å². The van der Waals surface area contributed by atoms with E-state index in [2.05, 4.69) is 36.5 Å². The molecule has 2 aliphatic carbocycles. The second-order valence-electron chi connectivity index (χ2n) is 6.43. The molecule has 1 aromatic rings. The number of aromatic nitrogens is 2. The molecule has 2 heteroatoms. The van der Waals surface area contributed by atoms with Gasteiger partial charge in [-0.15, -0.1) is 0 Å². The molecule has 2 bridgehead atoms. The Balaban J connectivity index is 1.91. The van der Waals surface area contributed by atoms with Crippen molar-refractivity contribution in [1.29, 1.82) is 0 Å². The summed E-state index contributed by atoms with van der Waals surface area (Å²) in [5.74, 6) is 3.82. The fourth-order valence-corrected chi connectivity index (χ4v) is 4.06. The Morgan fingerprint density at radius 2 is 1.82 bits per heavy atom. The maximum atomic E-state index is 4.55. The van der Waals surface area contributed by atoms with Crippen molar-refractivity contribution in [3.8, 4) is 0 Å². The van der Waals surface area contributed by atoms with E-state index in [1.807, 2.05) is 0 Å². The highest BCUT2D eigenvalue weighted by atomic mass is 15.1. The zero-order valence-electron chi connectivity index (χ0n) is 11.3. The lowest BCUT2D eigenvalue weighted by atomic mass is 9.85. The third-order valence-corrected chi connectivity index (χ3v) is 4.83. The van der Waals surface area contributed by atoms with Crippen LogP contribution in [0.25, 0.3) is 0 Å². The van der Waals surface area contributed by atoms with Crippen molar-refractivity contribution in [3.63, 3.8) is 0 Å². The summed E-state index contributed by atoms with van der Waals surface area (Å²) in [5.41, 5.74) is 1.44. The summed E-state index contributed by atoms with van der Waals surface area (Å²) in [6.07, 6.45) is 9.34. The first kappa shape index (κ1) is 11.3. The first-order valence-electron chi connectivity index (χ1n) is 7.19. The van der Waals surface area contributed by atoms with Crippen LogP contribution in [-0.2, 0) is 0 Å². The third kappa shape index (κ3) is 1.92. The molecule has 2 unspecified atom stereocenters. The van der Waals surface area contributed by atoms with Gasteiger partial charge in [-0.25, -0.2) is 4.98 Å². The number of imidazole rings is 1. The molecule has 0 aliphatic heterocycles. The number of nitrogens with zero attached hydrogens (tertiary/aromatic N) is 2. The van der Waals surface area contributed by atoms with E-state index in [1.54, 1.807) is 0 Å². The Morgan fingerprint density at radius 3 is 2.41 bits per heavy atom. The first-order chi connectivity index (χ1) is 8.15. The molecular weight excluding hydrogens is 208 g/mol. The van der Waals surface area contributed by atoms with Crippen LogP contribution in [0.1, 0.15) is 69.4 Å². The number of aryl methyl sites for hydroxylation is 1. The summed E-state index contributed by atoms with van der Waals surface area (Å²) in [4.78, 5) is 4.55. The van der Waals surface area contributed by atoms with Crippen molar-refractivity contribution in [1.82, 2.24) is 9.55 Å². The molecule has 0 amide bonds. The van der Waals surface area contributed by atoms with Crippen LogP contribution in [0.2, 0.25) is 0 Å². The maximum absolute atomic E-state index is 4.55. The minimum atomic E-state index is 0.593. The fourth-order valence-electron chi connectivity index (χ4n) is 4.06. The highest BCUT2D eigenvalue weighted by Gasteiger charge is 2.35. The van der Waals surface area contributed by atoms with Crippen LogP contribution in [0.3, 0.4) is 0 Å². The lowest BCUT2D eigenvalue weighted by Crippen LogP contribution is -2.22. The smallest absolute Gasteiger partial charge is 0.105 e. The second-order valence-corrected chi connectivity index (χ2v) is 6.43. The fraction of sp³-hybridized carbons (Fsp3) is 0.800. The second kappa shape index (κ2) is 4.15. The Labute approximate surface area is 104 Å². The molecule has 0 radical (unpaired) electrons. The van der Waals surface area contributed by atoms with Gasteiger partial charge in [-0.2, -0.15) is 0 Å². The quantitative estimate of drug-likeness (QED) is 0.751. The van der Waals surface area contributed by atoms with Gasteiger partial charge >= 0.3 is 0 Å². The van der Waals surface area contributed by atoms with Gasteiger partial charge in [0.1, 0.15) is 5.82 Å². The van der Waals surface area contributed by atoms with Gasteiger partial charge in [0.05, 0.1) is 0 Å². The predicted molar refractivity (Wildman–Crippen MR) is 70.2 cm³/mol. The van der Waals surface area contributed by atoms with Gasteiger partial charge < -0.3 is 4.57 Å². The van der Waals surface area contributed by atoms with Crippen molar-refractivity contribution in [2.75, 3.05) is 0 Å². The molecule has 1 aromatic heterocycles. The molecular formula is C15H24N2. The Morgan fingerprint density at radius 1 is 1.18 bits per heavy atom. The third-order valence-electron chi connectivity index (χ3n) is 4.83. The van der Waals surface area contributed by atoms with E-state index >= 15 is 0 Å². The van der Waals surface area contributed by atoms with Crippen molar-refractivity contribution in [2.45, 2.75) is 64.8 Å². The zero-order chi connectivity index (χ0) is 12.0. The lowest BCUT2D eigenvalue weighted by molar-refractivity contribution is 0.254. The van der Waals surface area contributed by atoms with Crippen LogP contribution in [0.15, 0.2) is 6.20 Å². The van der Waals surface area contributed by atoms with Gasteiger partial charge in [0.2, 0.25) is 0 Å². The SMILES string of the molecule is Cc1ncc(C(C)C)n1C1CC2CCC(C2)C1. The highest BCUT2D eigenvalue weighted by Crippen LogP contribution is 2.47. The van der Waals surface area contributed by atoms with Gasteiger partial charge in [0, 0.05) is 17.9 Å². The molecule has 0 spiro atoms. The molecule has 1 heterocycles. The highest BCUT2D eigenvalue weighted by molar-refractivity contribution is 5.11. The summed E-state index contributed by atoms with van der Waals surface area (Å²) in [6, 6.07) is 0.737. The lowest BCUT2D eigenvalue weighted by Gasteiger charge is -2.31. The molecule has 3 rings (SSSR count). The topological polar surface area (TPSA) is 17.8 Å². The summed E-state index contributed by atoms with van der Waals surface area (Å²) in [5, 5.41) is 0. The molecule has 0 N–H and O–H groups in total. The number of hydrogen-bond donors (Lipinski definition) is 0. The summed E-state index contributed by atoms with van der Waals surface area (Å²) in [6.45, 7) is 6.73. The molecule has 2 saturated carbocycles. The van der Waals surface area contributed by atoms with E-state index in [-0.39, 0.29) is 0 Å². The van der Waals surface area contributed by atoms with Crippen molar-refractivity contribution < 1.29 is 0 Å². The monoisotopic (exact) mass is 232 g/mol. The largest absolute Gasteiger partial charge is 0.329 e. The van der Waals surface area contributed by atoms with Crippen LogP contribution in [0, 0.1) is 18.8 Å². The normalized spacial score (nSPS) is 32.4. The van der Waals surface area contributed by atoms with Crippen LogP contribution in [-0.4, -0.2) is 9.55 Å². The molecule has 2 fully saturated rings. The molecule has 94 valence electrons. The van der Waals surface area contributed by atoms with Gasteiger partial charge in [-0.05, 0) is 43.9 Å². The Hall–Kier alpha value is -0.790. The summed E-state index contributed by atoms with van der Waals surface area (Å²) in [7, 11) is 0. The van der Waals surface area contributed by atoms with Crippen LogP contribution in [0.4, 0.5) is 0 Å². The molecule has 2 atom stereocenters. The van der Waals surface area contributed by atoms with Crippen LogP contribution < -0.4 is 0 Å². The minimum absolute atomic E-state index is 0.593. The van der Waals surface area contributed by atoms with Gasteiger partial charge in [-0.1, -0.05) is 26.7 Å². The first-order valence-corrected chi connectivity index (χ1v) is 7.19. The van der Waals surface area contributed by atoms with E-state index in [4.69, 9.17) is 0 Å². The molecule has 0 aromatic carbocycles. The molecule has 2 aliphatic rings. The van der Waals surface area contributed by atoms with Crippen LogP contribution in [0.5, 0.6) is 0 Å². The van der Waals surface area contributed by atoms with Crippen molar-refractivity contribution in [3.05, 3.63) is 17.7 Å². The molecule has 0 saturated heterocycles. The molecule has 2 nitrogen and oxygen atoms in total. The standard InChI is InChI=1S/C15H24N2/c1-10(2)15-9-16-11(3)17(15)14-7-12-4-5-13(6-12)8-14/h9-10,12-14H,4-8H2,1-3H3. The Bertz CT molecular complexity index is 393. The maximum Gasteiger partial charge on any atom is 0.105 e. The van der Waals surface area contributed by atoms with Gasteiger partial charge in [0.25, 0.3) is 0 Å². The predicted octanol–water partition coefficient (Wildman–Crippen LogP) is 4.07. The van der Waals surface area contributed by atoms with Gasteiger partial charge in [0.15, 0.2) is 0 Å². The van der Waals surface area contributed by atoms with E-state index in [0.717, 1.165) is 17.9 Å². The minimum Gasteiger partial charge on any atom is -0.329 e. The average Bonchev–Trinajstić information content (AvgIpc) is 2.82. The van der Waals surface area contributed by atoms with Gasteiger partial charge in [-0.3, -0.25) is 0 Å². The van der Waals surface area contributed by atoms with Crippen molar-refractivity contribution in [2.24, 2.45) is 11.8 Å². The van der Waals surface area contributed by atoms with Crippen molar-refractivity contribution >= 4 is 0 Å². The van der Waals surface area contributed by atoms with E-state index < -0.39 is 0 Å². The molecule has 17 heavy (non-hydrogen) atoms. The summed E-state index contributed by atoms with van der Waals surface area (Å²) < 4.78 is 2.55. The number of fused-ring (bicyclic) bond motifs is 2. The van der Waals surface area contributed by atoms with E-state index in [0.29, 0.717) is 5.92 Å².